The summed E-state index contributed by atoms with van der Waals surface area (Å²) in [6.45, 7) is 0.731. The maximum atomic E-state index is 12.7. The van der Waals surface area contributed by atoms with E-state index in [9.17, 15) is 19.5 Å². The van der Waals surface area contributed by atoms with E-state index in [0.29, 0.717) is 13.1 Å². The topological polar surface area (TPSA) is 95.9 Å². The van der Waals surface area contributed by atoms with Gasteiger partial charge in [0.15, 0.2) is 0 Å². The highest BCUT2D eigenvalue weighted by Gasteiger charge is 2.35. The molecule has 0 aliphatic carbocycles. The number of nitrogens with one attached hydrogen (secondary N) is 1. The van der Waals surface area contributed by atoms with Crippen LogP contribution in [0.2, 0.25) is 0 Å². The highest BCUT2D eigenvalue weighted by Crippen LogP contribution is 2.24. The summed E-state index contributed by atoms with van der Waals surface area (Å²) in [5.74, 6) is -1.14. The second-order valence-corrected chi connectivity index (χ2v) is 7.09. The van der Waals surface area contributed by atoms with Crippen molar-refractivity contribution < 1.29 is 24.2 Å². The second-order valence-electron chi connectivity index (χ2n) is 7.09. The number of carboxylic acids is 1. The van der Waals surface area contributed by atoms with E-state index in [2.05, 4.69) is 5.32 Å². The molecule has 0 aromatic heterocycles. The fraction of sp³-hybridized carbons (Fsp3) is 0.318. The average Bonchev–Trinajstić information content (AvgIpc) is 3.09. The lowest BCUT2D eigenvalue weighted by Gasteiger charge is -2.20. The smallest absolute Gasteiger partial charge is 0.305 e. The van der Waals surface area contributed by atoms with Gasteiger partial charge in [-0.3, -0.25) is 14.4 Å². The maximum absolute atomic E-state index is 12.7. The van der Waals surface area contributed by atoms with Crippen molar-refractivity contribution in [2.24, 2.45) is 5.92 Å². The normalized spacial score (nSPS) is 17.1. The Morgan fingerprint density at radius 3 is 2.48 bits per heavy atom. The number of carbonyl (C=O) groups is 3. The number of benzene rings is 2. The number of rotatable bonds is 8. The summed E-state index contributed by atoms with van der Waals surface area (Å²) in [5, 5.41) is 12.0. The lowest BCUT2D eigenvalue weighted by molar-refractivity contribution is -0.138. The van der Waals surface area contributed by atoms with Crippen LogP contribution in [-0.4, -0.2) is 41.4 Å². The molecule has 7 heteroatoms. The summed E-state index contributed by atoms with van der Waals surface area (Å²) in [5.41, 5.74) is 1.68. The molecule has 0 radical (unpaired) electrons. The average molecular weight is 396 g/mol. The molecule has 1 aliphatic heterocycles. The molecular formula is C22H24N2O5. The van der Waals surface area contributed by atoms with Crippen LogP contribution in [0.25, 0.3) is 0 Å². The van der Waals surface area contributed by atoms with Crippen LogP contribution in [0.5, 0.6) is 5.75 Å². The van der Waals surface area contributed by atoms with Crippen LogP contribution in [0.4, 0.5) is 0 Å². The molecule has 0 spiro atoms. The minimum absolute atomic E-state index is 0.0875. The predicted octanol–water partition coefficient (Wildman–Crippen LogP) is 2.38. The van der Waals surface area contributed by atoms with Crippen molar-refractivity contribution in [2.75, 3.05) is 13.7 Å². The molecule has 1 saturated heterocycles. The zero-order valence-corrected chi connectivity index (χ0v) is 16.2. The fourth-order valence-electron chi connectivity index (χ4n) is 3.45. The van der Waals surface area contributed by atoms with Gasteiger partial charge >= 0.3 is 5.97 Å². The van der Waals surface area contributed by atoms with Gasteiger partial charge in [0.2, 0.25) is 11.8 Å². The summed E-state index contributed by atoms with van der Waals surface area (Å²) in [6.07, 6.45) is -0.0947. The third-order valence-electron chi connectivity index (χ3n) is 5.01. The van der Waals surface area contributed by atoms with E-state index in [-0.39, 0.29) is 24.7 Å². The van der Waals surface area contributed by atoms with Gasteiger partial charge in [-0.1, -0.05) is 42.5 Å². The molecular weight excluding hydrogens is 372 g/mol. The molecule has 152 valence electrons. The number of hydrogen-bond donors (Lipinski definition) is 2. The van der Waals surface area contributed by atoms with Gasteiger partial charge in [-0.15, -0.1) is 0 Å². The van der Waals surface area contributed by atoms with Crippen LogP contribution >= 0.6 is 0 Å². The number of ether oxygens (including phenoxy) is 1. The number of carboxylic acid groups (broad SMARTS) is 1. The Bertz CT molecular complexity index is 867. The van der Waals surface area contributed by atoms with E-state index < -0.39 is 17.9 Å². The standard InChI is InChI=1S/C22H24N2O5/c1-29-18-9-7-15(8-10-18)13-24-14-17(11-20(24)25)22(28)23-19(12-21(26)27)16-5-3-2-4-6-16/h2-10,17,19H,11-14H2,1H3,(H,23,28)(H,26,27)/t17-,19-/m1/s1. The van der Waals surface area contributed by atoms with Gasteiger partial charge in [-0.05, 0) is 23.3 Å². The van der Waals surface area contributed by atoms with Gasteiger partial charge in [-0.2, -0.15) is 0 Å². The van der Waals surface area contributed by atoms with Crippen molar-refractivity contribution in [1.82, 2.24) is 10.2 Å². The summed E-state index contributed by atoms with van der Waals surface area (Å²) >= 11 is 0. The van der Waals surface area contributed by atoms with E-state index in [4.69, 9.17) is 4.74 Å². The maximum Gasteiger partial charge on any atom is 0.305 e. The molecule has 2 aromatic carbocycles. The minimum atomic E-state index is -0.997. The summed E-state index contributed by atoms with van der Waals surface area (Å²) in [4.78, 5) is 38.0. The number of methoxy groups -OCH3 is 1. The Labute approximate surface area is 169 Å². The van der Waals surface area contributed by atoms with Crippen molar-refractivity contribution in [1.29, 1.82) is 0 Å². The van der Waals surface area contributed by atoms with Crippen LogP contribution < -0.4 is 10.1 Å². The van der Waals surface area contributed by atoms with E-state index in [0.717, 1.165) is 16.9 Å². The first-order chi connectivity index (χ1) is 14.0. The Hall–Kier alpha value is -3.35. The number of carbonyl (C=O) groups excluding carboxylic acids is 2. The Morgan fingerprint density at radius 1 is 1.17 bits per heavy atom. The van der Waals surface area contributed by atoms with E-state index >= 15 is 0 Å². The molecule has 0 saturated carbocycles. The molecule has 0 bridgehead atoms. The third-order valence-corrected chi connectivity index (χ3v) is 5.01. The molecule has 1 heterocycles. The number of aliphatic carboxylic acids is 1. The van der Waals surface area contributed by atoms with Crippen molar-refractivity contribution in [3.8, 4) is 5.75 Å². The first kappa shape index (κ1) is 20.4. The SMILES string of the molecule is COc1ccc(CN2C[C@H](C(=O)N[C@H](CC(=O)O)c3ccccc3)CC2=O)cc1. The number of amides is 2. The first-order valence-electron chi connectivity index (χ1n) is 9.44. The van der Waals surface area contributed by atoms with E-state index in [1.165, 1.54) is 0 Å². The Morgan fingerprint density at radius 2 is 1.86 bits per heavy atom. The quantitative estimate of drug-likeness (QED) is 0.714. The van der Waals surface area contributed by atoms with E-state index in [1.54, 1.807) is 36.3 Å². The lowest BCUT2D eigenvalue weighted by Crippen LogP contribution is -2.36. The van der Waals surface area contributed by atoms with Gasteiger partial charge in [0.1, 0.15) is 5.75 Å². The zero-order chi connectivity index (χ0) is 20.8. The van der Waals surface area contributed by atoms with Crippen molar-refractivity contribution in [3.63, 3.8) is 0 Å². The molecule has 0 unspecified atom stereocenters. The molecule has 7 nitrogen and oxygen atoms in total. The minimum Gasteiger partial charge on any atom is -0.497 e. The van der Waals surface area contributed by atoms with Crippen LogP contribution in [0, 0.1) is 5.92 Å². The molecule has 2 amide bonds. The number of hydrogen-bond acceptors (Lipinski definition) is 4. The third kappa shape index (κ3) is 5.34. The summed E-state index contributed by atoms with van der Waals surface area (Å²) in [7, 11) is 1.59. The van der Waals surface area contributed by atoms with Gasteiger partial charge in [0.05, 0.1) is 25.5 Å². The number of likely N-dealkylation sites (tertiary alicyclic amines) is 1. The second kappa shape index (κ2) is 9.23. The molecule has 2 aromatic rings. The van der Waals surface area contributed by atoms with Crippen molar-refractivity contribution >= 4 is 17.8 Å². The van der Waals surface area contributed by atoms with Crippen LogP contribution in [0.15, 0.2) is 54.6 Å². The predicted molar refractivity (Wildman–Crippen MR) is 106 cm³/mol. The van der Waals surface area contributed by atoms with Crippen molar-refractivity contribution in [2.45, 2.75) is 25.4 Å². The molecule has 29 heavy (non-hydrogen) atoms. The van der Waals surface area contributed by atoms with E-state index in [1.807, 2.05) is 30.3 Å². The molecule has 1 fully saturated rings. The molecule has 3 rings (SSSR count). The highest BCUT2D eigenvalue weighted by molar-refractivity contribution is 5.89. The van der Waals surface area contributed by atoms with Crippen LogP contribution in [0.3, 0.4) is 0 Å². The lowest BCUT2D eigenvalue weighted by atomic mass is 10.0. The summed E-state index contributed by atoms with van der Waals surface area (Å²) in [6, 6.07) is 15.8. The number of nitrogens with zero attached hydrogens (tertiary/aromatic N) is 1. The zero-order valence-electron chi connectivity index (χ0n) is 16.2. The monoisotopic (exact) mass is 396 g/mol. The van der Waals surface area contributed by atoms with Gasteiger partial charge < -0.3 is 20.1 Å². The summed E-state index contributed by atoms with van der Waals surface area (Å²) < 4.78 is 5.13. The van der Waals surface area contributed by atoms with Gasteiger partial charge in [0, 0.05) is 19.5 Å². The highest BCUT2D eigenvalue weighted by atomic mass is 16.5. The largest absolute Gasteiger partial charge is 0.497 e. The fourth-order valence-corrected chi connectivity index (χ4v) is 3.45. The van der Waals surface area contributed by atoms with Gasteiger partial charge in [0.25, 0.3) is 0 Å². The Balaban J connectivity index is 1.63. The van der Waals surface area contributed by atoms with Gasteiger partial charge in [-0.25, -0.2) is 0 Å². The molecule has 2 N–H and O–H groups in total. The Kier molecular flexibility index (Phi) is 6.49. The van der Waals surface area contributed by atoms with Crippen LogP contribution in [-0.2, 0) is 20.9 Å². The molecule has 1 aliphatic rings. The van der Waals surface area contributed by atoms with Crippen LogP contribution in [0.1, 0.15) is 30.0 Å². The van der Waals surface area contributed by atoms with Crippen molar-refractivity contribution in [3.05, 3.63) is 65.7 Å². The molecule has 2 atom stereocenters. The first-order valence-corrected chi connectivity index (χ1v) is 9.44.